The Morgan fingerprint density at radius 3 is 2.04 bits per heavy atom. The van der Waals surface area contributed by atoms with Crippen molar-refractivity contribution in [3.8, 4) is 27.9 Å². The third kappa shape index (κ3) is 4.44. The molecule has 1 aromatic heterocycles. The number of hydrogen-bond acceptors (Lipinski definition) is 1. The Labute approximate surface area is 286 Å². The van der Waals surface area contributed by atoms with Crippen LogP contribution in [0.25, 0.3) is 49.7 Å². The highest BCUT2D eigenvalue weighted by atomic mass is 15.0. The van der Waals surface area contributed by atoms with E-state index in [9.17, 15) is 0 Å². The van der Waals surface area contributed by atoms with Crippen LogP contribution < -0.4 is 0 Å². The van der Waals surface area contributed by atoms with Gasteiger partial charge in [0.1, 0.15) is 0 Å². The number of hydrogen-bond donors (Lipinski definition) is 0. The summed E-state index contributed by atoms with van der Waals surface area (Å²) in [5.74, 6) is 0.279. The minimum absolute atomic E-state index is 0.279. The van der Waals surface area contributed by atoms with Gasteiger partial charge in [-0.25, -0.2) is 0 Å². The number of fused-ring (bicyclic) bond motifs is 9. The molecule has 1 heterocycles. The van der Waals surface area contributed by atoms with E-state index in [4.69, 9.17) is 4.99 Å². The second-order valence-electron chi connectivity index (χ2n) is 13.5. The number of aromatic nitrogens is 1. The normalized spacial score (nSPS) is 15.5. The lowest BCUT2D eigenvalue weighted by molar-refractivity contribution is 0.793. The van der Waals surface area contributed by atoms with Gasteiger partial charge in [0.2, 0.25) is 0 Å². The maximum absolute atomic E-state index is 5.39. The zero-order valence-electron chi connectivity index (χ0n) is 27.4. The summed E-state index contributed by atoms with van der Waals surface area (Å²) in [4.78, 5) is 5.39. The molecule has 0 saturated heterocycles. The SMILES string of the molecule is Cc1ccccc1/N=C1\Cc2ccc(-n3c4ccccc4c4ccccc43)cc2-c2ccc(C3Cc4ccccc4-c4ccccc43)cc21. The Morgan fingerprint density at radius 1 is 0.531 bits per heavy atom. The third-order valence-corrected chi connectivity index (χ3v) is 10.8. The molecule has 0 amide bonds. The van der Waals surface area contributed by atoms with Crippen molar-refractivity contribution in [2.45, 2.75) is 25.7 Å². The second kappa shape index (κ2) is 11.0. The standard InChI is InChI=1S/C47H34N2/c1-30-12-2-9-19-44(30)48-45-28-33-22-24-34(49-46-20-10-7-17-39(46)40-18-8-11-21-47(40)49)29-42(33)38-25-23-32(27-43(38)45)41-26-31-13-3-4-14-35(31)36-15-5-6-16-37(36)41/h2-25,27,29,41H,26,28H2,1H3/b48-45+. The van der Waals surface area contributed by atoms with Crippen molar-refractivity contribution in [1.29, 1.82) is 0 Å². The monoisotopic (exact) mass is 626 g/mol. The summed E-state index contributed by atoms with van der Waals surface area (Å²) in [7, 11) is 0. The van der Waals surface area contributed by atoms with Crippen molar-refractivity contribution in [2.75, 3.05) is 0 Å². The van der Waals surface area contributed by atoms with Crippen molar-refractivity contribution >= 4 is 33.2 Å². The lowest BCUT2D eigenvalue weighted by Gasteiger charge is -2.30. The van der Waals surface area contributed by atoms with Crippen LogP contribution in [-0.2, 0) is 12.8 Å². The Bertz CT molecular complexity index is 2580. The zero-order chi connectivity index (χ0) is 32.5. The summed E-state index contributed by atoms with van der Waals surface area (Å²) in [5.41, 5.74) is 19.0. The molecule has 0 saturated carbocycles. The van der Waals surface area contributed by atoms with E-state index in [0.717, 1.165) is 24.2 Å². The molecule has 0 fully saturated rings. The van der Waals surface area contributed by atoms with Gasteiger partial charge in [-0.2, -0.15) is 0 Å². The molecule has 232 valence electrons. The fourth-order valence-corrected chi connectivity index (χ4v) is 8.41. The van der Waals surface area contributed by atoms with Crippen molar-refractivity contribution < 1.29 is 0 Å². The van der Waals surface area contributed by atoms with Gasteiger partial charge in [0, 0.05) is 34.4 Å². The van der Waals surface area contributed by atoms with E-state index in [-0.39, 0.29) is 5.92 Å². The first-order chi connectivity index (χ1) is 24.2. The molecule has 1 unspecified atom stereocenters. The molecule has 1 atom stereocenters. The Balaban J connectivity index is 1.17. The number of aliphatic imine (C=N–C) groups is 1. The van der Waals surface area contributed by atoms with Crippen molar-refractivity contribution in [1.82, 2.24) is 4.57 Å². The summed E-state index contributed by atoms with van der Waals surface area (Å²) >= 11 is 0. The van der Waals surface area contributed by atoms with Crippen LogP contribution >= 0.6 is 0 Å². The summed E-state index contributed by atoms with van der Waals surface area (Å²) in [6.07, 6.45) is 1.78. The summed E-state index contributed by atoms with van der Waals surface area (Å²) in [6, 6.07) is 58.1. The summed E-state index contributed by atoms with van der Waals surface area (Å²) in [5, 5.41) is 2.56. The quantitative estimate of drug-likeness (QED) is 0.186. The Morgan fingerprint density at radius 2 is 1.22 bits per heavy atom. The van der Waals surface area contributed by atoms with Gasteiger partial charge in [0.15, 0.2) is 0 Å². The van der Waals surface area contributed by atoms with Gasteiger partial charge in [-0.05, 0) is 99.8 Å². The van der Waals surface area contributed by atoms with Gasteiger partial charge in [0.25, 0.3) is 0 Å². The van der Waals surface area contributed by atoms with E-state index in [1.165, 1.54) is 83.1 Å². The molecule has 10 rings (SSSR count). The average Bonchev–Trinajstić information content (AvgIpc) is 3.49. The first-order valence-corrected chi connectivity index (χ1v) is 17.3. The van der Waals surface area contributed by atoms with Crippen molar-refractivity contribution in [2.24, 2.45) is 4.99 Å². The lowest BCUT2D eigenvalue weighted by atomic mass is 9.74. The topological polar surface area (TPSA) is 17.3 Å². The smallest absolute Gasteiger partial charge is 0.0662 e. The molecular weight excluding hydrogens is 593 g/mol. The molecular formula is C47H34N2. The van der Waals surface area contributed by atoms with E-state index >= 15 is 0 Å². The van der Waals surface area contributed by atoms with Gasteiger partial charge in [-0.1, -0.05) is 121 Å². The number of rotatable bonds is 3. The molecule has 0 aliphatic heterocycles. The van der Waals surface area contributed by atoms with Crippen LogP contribution in [0.1, 0.15) is 39.3 Å². The molecule has 2 aliphatic rings. The van der Waals surface area contributed by atoms with Crippen LogP contribution in [0.5, 0.6) is 0 Å². The van der Waals surface area contributed by atoms with Crippen LogP contribution in [0, 0.1) is 6.92 Å². The molecule has 0 radical (unpaired) electrons. The lowest BCUT2D eigenvalue weighted by Crippen LogP contribution is -2.17. The predicted molar refractivity (Wildman–Crippen MR) is 205 cm³/mol. The number of aryl methyl sites for hydroxylation is 1. The maximum atomic E-state index is 5.39. The van der Waals surface area contributed by atoms with Crippen LogP contribution in [0.2, 0.25) is 0 Å². The van der Waals surface area contributed by atoms with Gasteiger partial charge in [0.05, 0.1) is 22.4 Å². The summed E-state index contributed by atoms with van der Waals surface area (Å²) < 4.78 is 2.42. The van der Waals surface area contributed by atoms with E-state index in [0.29, 0.717) is 0 Å². The highest BCUT2D eigenvalue weighted by molar-refractivity contribution is 6.12. The fourth-order valence-electron chi connectivity index (χ4n) is 8.41. The minimum Gasteiger partial charge on any atom is -0.309 e. The van der Waals surface area contributed by atoms with Gasteiger partial charge >= 0.3 is 0 Å². The molecule has 2 nitrogen and oxygen atoms in total. The van der Waals surface area contributed by atoms with Crippen LogP contribution in [0.4, 0.5) is 5.69 Å². The Kier molecular flexibility index (Phi) is 6.32. The van der Waals surface area contributed by atoms with Crippen molar-refractivity contribution in [3.05, 3.63) is 191 Å². The molecule has 8 aromatic rings. The van der Waals surface area contributed by atoms with Crippen LogP contribution in [0.3, 0.4) is 0 Å². The number of para-hydroxylation sites is 3. The van der Waals surface area contributed by atoms with E-state index in [1.54, 1.807) is 0 Å². The van der Waals surface area contributed by atoms with Crippen LogP contribution in [-0.4, -0.2) is 10.3 Å². The predicted octanol–water partition coefficient (Wildman–Crippen LogP) is 11.8. The number of benzene rings is 7. The third-order valence-electron chi connectivity index (χ3n) is 10.8. The molecule has 0 spiro atoms. The zero-order valence-corrected chi connectivity index (χ0v) is 27.4. The molecule has 49 heavy (non-hydrogen) atoms. The largest absolute Gasteiger partial charge is 0.309 e. The molecule has 7 aromatic carbocycles. The first-order valence-electron chi connectivity index (χ1n) is 17.3. The molecule has 2 heteroatoms. The summed E-state index contributed by atoms with van der Waals surface area (Å²) in [6.45, 7) is 2.15. The second-order valence-corrected chi connectivity index (χ2v) is 13.5. The number of nitrogens with zero attached hydrogens (tertiary/aromatic N) is 2. The molecule has 2 aliphatic carbocycles. The average molecular weight is 627 g/mol. The maximum Gasteiger partial charge on any atom is 0.0662 e. The van der Waals surface area contributed by atoms with E-state index in [2.05, 4.69) is 169 Å². The molecule has 0 N–H and O–H groups in total. The van der Waals surface area contributed by atoms with Crippen molar-refractivity contribution in [3.63, 3.8) is 0 Å². The highest BCUT2D eigenvalue weighted by Crippen LogP contribution is 2.45. The highest BCUT2D eigenvalue weighted by Gasteiger charge is 2.29. The van der Waals surface area contributed by atoms with Gasteiger partial charge in [-0.3, -0.25) is 4.99 Å². The van der Waals surface area contributed by atoms with Gasteiger partial charge < -0.3 is 4.57 Å². The van der Waals surface area contributed by atoms with Crippen LogP contribution in [0.15, 0.2) is 163 Å². The minimum atomic E-state index is 0.279. The Hall–Kier alpha value is -5.99. The molecule has 0 bridgehead atoms. The van der Waals surface area contributed by atoms with E-state index in [1.807, 2.05) is 0 Å². The fraction of sp³-hybridized carbons (Fsp3) is 0.0851. The first kappa shape index (κ1) is 28.1. The van der Waals surface area contributed by atoms with E-state index < -0.39 is 0 Å². The van der Waals surface area contributed by atoms with Gasteiger partial charge in [-0.15, -0.1) is 0 Å².